The number of carbonyl (C=O) groups is 1. The number of benzene rings is 1. The predicted molar refractivity (Wildman–Crippen MR) is 134 cm³/mol. The van der Waals surface area contributed by atoms with Crippen molar-refractivity contribution in [1.29, 1.82) is 0 Å². The maximum absolute atomic E-state index is 12.6. The Balaban J connectivity index is 1.54. The van der Waals surface area contributed by atoms with E-state index in [1.54, 1.807) is 11.3 Å². The molecule has 0 fully saturated rings. The molecule has 6 nitrogen and oxygen atoms in total. The zero-order valence-electron chi connectivity index (χ0n) is 18.7. The van der Waals surface area contributed by atoms with Crippen LogP contribution in [0.1, 0.15) is 57.0 Å². The van der Waals surface area contributed by atoms with Crippen LogP contribution in [0.15, 0.2) is 30.3 Å². The van der Waals surface area contributed by atoms with Gasteiger partial charge in [0.1, 0.15) is 5.00 Å². The maximum atomic E-state index is 12.6. The second-order valence-electron chi connectivity index (χ2n) is 8.03. The summed E-state index contributed by atoms with van der Waals surface area (Å²) in [6.07, 6.45) is 5.33. The molecule has 3 aromatic rings. The lowest BCUT2D eigenvalue weighted by Crippen LogP contribution is -2.21. The van der Waals surface area contributed by atoms with E-state index in [1.807, 2.05) is 36.7 Å². The third-order valence-corrected chi connectivity index (χ3v) is 7.24. The second-order valence-corrected chi connectivity index (χ2v) is 9.54. The van der Waals surface area contributed by atoms with Crippen LogP contribution in [0, 0.1) is 13.8 Å². The van der Waals surface area contributed by atoms with Crippen molar-refractivity contribution in [2.24, 2.45) is 0 Å². The van der Waals surface area contributed by atoms with E-state index in [-0.39, 0.29) is 5.97 Å². The van der Waals surface area contributed by atoms with Gasteiger partial charge in [0.25, 0.3) is 0 Å². The smallest absolute Gasteiger partial charge is 0.341 e. The van der Waals surface area contributed by atoms with E-state index in [4.69, 9.17) is 17.0 Å². The fourth-order valence-corrected chi connectivity index (χ4v) is 5.74. The average molecular weight is 469 g/mol. The third-order valence-electron chi connectivity index (χ3n) is 5.83. The van der Waals surface area contributed by atoms with Gasteiger partial charge in [0, 0.05) is 4.88 Å². The Kier molecular flexibility index (Phi) is 6.91. The number of methoxy groups -OCH3 is 1. The molecule has 2 aromatic heterocycles. The van der Waals surface area contributed by atoms with Crippen molar-refractivity contribution >= 4 is 45.3 Å². The number of nitrogens with one attached hydrogen (secondary N) is 2. The number of thiophene rings is 1. The first kappa shape index (κ1) is 22.5. The van der Waals surface area contributed by atoms with Gasteiger partial charge in [-0.2, -0.15) is 5.10 Å². The zero-order valence-corrected chi connectivity index (χ0v) is 20.3. The van der Waals surface area contributed by atoms with Gasteiger partial charge >= 0.3 is 5.97 Å². The van der Waals surface area contributed by atoms with Gasteiger partial charge in [-0.05, 0) is 62.9 Å². The molecule has 1 aliphatic carbocycles. The summed E-state index contributed by atoms with van der Waals surface area (Å²) in [5, 5.41) is 12.5. The Labute approximate surface area is 198 Å². The van der Waals surface area contributed by atoms with Gasteiger partial charge in [-0.25, -0.2) is 4.79 Å². The molecular weight excluding hydrogens is 440 g/mol. The van der Waals surface area contributed by atoms with Gasteiger partial charge in [-0.15, -0.1) is 11.3 Å². The van der Waals surface area contributed by atoms with E-state index in [1.165, 1.54) is 24.0 Å². The van der Waals surface area contributed by atoms with Gasteiger partial charge in [0.05, 0.1) is 36.3 Å². The van der Waals surface area contributed by atoms with E-state index < -0.39 is 0 Å². The molecule has 4 rings (SSSR count). The number of ether oxygens (including phenoxy) is 1. The molecule has 0 spiro atoms. The van der Waals surface area contributed by atoms with Gasteiger partial charge in [-0.1, -0.05) is 36.8 Å². The van der Waals surface area contributed by atoms with Crippen molar-refractivity contribution in [2.75, 3.05) is 17.7 Å². The SMILES string of the molecule is COC(=O)c1c(NC(=S)Nc2c(C)nn(Cc3ccccc3)c2C)sc2c1CCCCC2. The lowest BCUT2D eigenvalue weighted by Gasteiger charge is -2.12. The minimum atomic E-state index is -0.308. The Bertz CT molecular complexity index is 1130. The molecule has 0 saturated carbocycles. The van der Waals surface area contributed by atoms with Crippen LogP contribution in [0.4, 0.5) is 10.7 Å². The Hall–Kier alpha value is -2.71. The Morgan fingerprint density at radius 1 is 1.16 bits per heavy atom. The van der Waals surface area contributed by atoms with Gasteiger partial charge in [0.15, 0.2) is 5.11 Å². The molecule has 1 aromatic carbocycles. The molecule has 0 radical (unpaired) electrons. The molecule has 0 unspecified atom stereocenters. The summed E-state index contributed by atoms with van der Waals surface area (Å²) in [7, 11) is 1.43. The molecule has 32 heavy (non-hydrogen) atoms. The van der Waals surface area contributed by atoms with Crippen molar-refractivity contribution in [3.8, 4) is 0 Å². The molecule has 0 saturated heterocycles. The number of esters is 1. The van der Waals surface area contributed by atoms with Gasteiger partial charge in [0.2, 0.25) is 0 Å². The number of aryl methyl sites for hydroxylation is 2. The van der Waals surface area contributed by atoms with Gasteiger partial charge in [-0.3, -0.25) is 4.68 Å². The normalized spacial score (nSPS) is 13.2. The minimum absolute atomic E-state index is 0.308. The standard InChI is InChI=1S/C24H28N4O2S2/c1-15-21(16(2)28(27-15)14-17-10-6-4-7-11-17)25-24(31)26-22-20(23(29)30-3)18-12-8-5-9-13-19(18)32-22/h4,6-7,10-11H,5,8-9,12-14H2,1-3H3,(H2,25,26,31). The van der Waals surface area contributed by atoms with Crippen molar-refractivity contribution in [1.82, 2.24) is 9.78 Å². The number of thiocarbonyl (C=S) groups is 1. The van der Waals surface area contributed by atoms with Crippen LogP contribution in [-0.4, -0.2) is 28.0 Å². The maximum Gasteiger partial charge on any atom is 0.341 e. The molecule has 2 heterocycles. The van der Waals surface area contributed by atoms with Crippen LogP contribution in [0.5, 0.6) is 0 Å². The number of aromatic nitrogens is 2. The van der Waals surface area contributed by atoms with E-state index >= 15 is 0 Å². The third kappa shape index (κ3) is 4.71. The number of fused-ring (bicyclic) bond motifs is 1. The molecule has 0 bridgehead atoms. The largest absolute Gasteiger partial charge is 0.465 e. The van der Waals surface area contributed by atoms with Crippen molar-refractivity contribution in [2.45, 2.75) is 52.5 Å². The molecule has 0 aliphatic heterocycles. The lowest BCUT2D eigenvalue weighted by molar-refractivity contribution is 0.0601. The molecule has 0 amide bonds. The summed E-state index contributed by atoms with van der Waals surface area (Å²) in [5.74, 6) is -0.308. The highest BCUT2D eigenvalue weighted by atomic mass is 32.1. The molecular formula is C24H28N4O2S2. The fraction of sp³-hybridized carbons (Fsp3) is 0.375. The van der Waals surface area contributed by atoms with Crippen LogP contribution >= 0.6 is 23.6 Å². The van der Waals surface area contributed by atoms with Gasteiger partial charge < -0.3 is 15.4 Å². The van der Waals surface area contributed by atoms with E-state index in [9.17, 15) is 4.79 Å². The Morgan fingerprint density at radius 2 is 1.91 bits per heavy atom. The lowest BCUT2D eigenvalue weighted by atomic mass is 10.1. The zero-order chi connectivity index (χ0) is 22.7. The van der Waals surface area contributed by atoms with Crippen LogP contribution < -0.4 is 10.6 Å². The quantitative estimate of drug-likeness (QED) is 0.294. The number of nitrogens with zero attached hydrogens (tertiary/aromatic N) is 2. The first-order chi connectivity index (χ1) is 15.5. The summed E-state index contributed by atoms with van der Waals surface area (Å²) in [6.45, 7) is 4.69. The monoisotopic (exact) mass is 468 g/mol. The van der Waals surface area contributed by atoms with Crippen LogP contribution in [-0.2, 0) is 24.1 Å². The highest BCUT2D eigenvalue weighted by Crippen LogP contribution is 2.38. The van der Waals surface area contributed by atoms with E-state index in [2.05, 4.69) is 27.9 Å². The van der Waals surface area contributed by atoms with Crippen molar-refractivity contribution in [3.05, 3.63) is 63.3 Å². The molecule has 0 atom stereocenters. The summed E-state index contributed by atoms with van der Waals surface area (Å²) in [4.78, 5) is 13.8. The number of hydrogen-bond donors (Lipinski definition) is 2. The molecule has 8 heteroatoms. The highest BCUT2D eigenvalue weighted by Gasteiger charge is 2.26. The summed E-state index contributed by atoms with van der Waals surface area (Å²) in [6, 6.07) is 10.2. The molecule has 168 valence electrons. The molecule has 1 aliphatic rings. The number of rotatable bonds is 5. The van der Waals surface area contributed by atoms with Crippen molar-refractivity contribution < 1.29 is 9.53 Å². The van der Waals surface area contributed by atoms with E-state index in [0.29, 0.717) is 17.2 Å². The second kappa shape index (κ2) is 9.83. The predicted octanol–water partition coefficient (Wildman–Crippen LogP) is 5.47. The first-order valence-electron chi connectivity index (χ1n) is 10.9. The van der Waals surface area contributed by atoms with E-state index in [0.717, 1.165) is 53.3 Å². The highest BCUT2D eigenvalue weighted by molar-refractivity contribution is 7.80. The van der Waals surface area contributed by atoms with Crippen LogP contribution in [0.3, 0.4) is 0 Å². The Morgan fingerprint density at radius 3 is 2.66 bits per heavy atom. The van der Waals surface area contributed by atoms with Crippen LogP contribution in [0.25, 0.3) is 0 Å². The average Bonchev–Trinajstić information content (AvgIpc) is 3.13. The first-order valence-corrected chi connectivity index (χ1v) is 12.1. The van der Waals surface area contributed by atoms with Crippen molar-refractivity contribution in [3.63, 3.8) is 0 Å². The molecule has 2 N–H and O–H groups in total. The van der Waals surface area contributed by atoms with Crippen LogP contribution in [0.2, 0.25) is 0 Å². The minimum Gasteiger partial charge on any atom is -0.465 e. The summed E-state index contributed by atoms with van der Waals surface area (Å²) < 4.78 is 7.07. The topological polar surface area (TPSA) is 68.2 Å². The fourth-order valence-electron chi connectivity index (χ4n) is 4.18. The number of carbonyl (C=O) groups excluding carboxylic acids is 1. The summed E-state index contributed by atoms with van der Waals surface area (Å²) in [5.41, 5.74) is 5.70. The number of hydrogen-bond acceptors (Lipinski definition) is 5. The number of anilines is 2. The summed E-state index contributed by atoms with van der Waals surface area (Å²) >= 11 is 7.23.